The van der Waals surface area contributed by atoms with Crippen LogP contribution in [0.1, 0.15) is 22.8 Å². The highest BCUT2D eigenvalue weighted by Gasteiger charge is 2.08. The van der Waals surface area contributed by atoms with Gasteiger partial charge < -0.3 is 10.5 Å². The molecule has 0 heterocycles. The minimum atomic E-state index is -0.0269. The molecule has 0 amide bonds. The first-order valence-electron chi connectivity index (χ1n) is 5.82. The average molecular weight is 276 g/mol. The zero-order valence-corrected chi connectivity index (χ0v) is 11.5. The Hall–Kier alpha value is -2.00. The maximum absolute atomic E-state index is 11.2. The fourth-order valence-corrected chi connectivity index (χ4v) is 1.93. The number of hydrogen-bond donors (Lipinski definition) is 1. The van der Waals surface area contributed by atoms with E-state index >= 15 is 0 Å². The first-order chi connectivity index (χ1) is 8.97. The molecule has 19 heavy (non-hydrogen) atoms. The molecule has 2 N–H and O–H groups in total. The minimum absolute atomic E-state index is 0.0269. The molecular formula is C15H14ClNO2. The molecular weight excluding hydrogens is 262 g/mol. The second-order valence-corrected chi connectivity index (χ2v) is 4.76. The maximum Gasteiger partial charge on any atom is 0.159 e. The van der Waals surface area contributed by atoms with Gasteiger partial charge in [0, 0.05) is 10.6 Å². The van der Waals surface area contributed by atoms with Crippen molar-refractivity contribution in [2.24, 2.45) is 0 Å². The van der Waals surface area contributed by atoms with Gasteiger partial charge in [-0.3, -0.25) is 4.79 Å². The molecule has 0 aromatic heterocycles. The van der Waals surface area contributed by atoms with E-state index in [2.05, 4.69) is 0 Å². The Morgan fingerprint density at radius 1 is 1.16 bits per heavy atom. The molecule has 0 atom stereocenters. The SMILES string of the molecule is CC(=O)c1ccc(Oc2ccc(Cl)cc2C)c(N)c1. The highest BCUT2D eigenvalue weighted by Crippen LogP contribution is 2.31. The zero-order chi connectivity index (χ0) is 14.0. The first-order valence-corrected chi connectivity index (χ1v) is 6.19. The van der Waals surface area contributed by atoms with Crippen LogP contribution in [-0.2, 0) is 0 Å². The van der Waals surface area contributed by atoms with Crippen molar-refractivity contribution in [2.75, 3.05) is 5.73 Å². The number of nitrogen functional groups attached to an aromatic ring is 1. The number of ether oxygens (including phenoxy) is 1. The van der Waals surface area contributed by atoms with E-state index in [9.17, 15) is 4.79 Å². The van der Waals surface area contributed by atoms with E-state index < -0.39 is 0 Å². The van der Waals surface area contributed by atoms with Gasteiger partial charge in [-0.25, -0.2) is 0 Å². The third kappa shape index (κ3) is 3.06. The van der Waals surface area contributed by atoms with Crippen molar-refractivity contribution in [2.45, 2.75) is 13.8 Å². The fraction of sp³-hybridized carbons (Fsp3) is 0.133. The summed E-state index contributed by atoms with van der Waals surface area (Å²) in [4.78, 5) is 11.2. The van der Waals surface area contributed by atoms with Crippen LogP contribution in [0.25, 0.3) is 0 Å². The second-order valence-electron chi connectivity index (χ2n) is 4.32. The number of aryl methyl sites for hydroxylation is 1. The van der Waals surface area contributed by atoms with Crippen molar-refractivity contribution < 1.29 is 9.53 Å². The summed E-state index contributed by atoms with van der Waals surface area (Å²) in [6, 6.07) is 10.4. The number of anilines is 1. The van der Waals surface area contributed by atoms with E-state index in [0.29, 0.717) is 27.8 Å². The van der Waals surface area contributed by atoms with Crippen LogP contribution in [0.5, 0.6) is 11.5 Å². The summed E-state index contributed by atoms with van der Waals surface area (Å²) in [5, 5.41) is 0.657. The van der Waals surface area contributed by atoms with E-state index in [0.717, 1.165) is 5.56 Å². The summed E-state index contributed by atoms with van der Waals surface area (Å²) in [6.07, 6.45) is 0. The molecule has 0 fully saturated rings. The zero-order valence-electron chi connectivity index (χ0n) is 10.7. The normalized spacial score (nSPS) is 10.3. The number of benzene rings is 2. The molecule has 0 saturated carbocycles. The van der Waals surface area contributed by atoms with E-state index in [4.69, 9.17) is 22.1 Å². The third-order valence-electron chi connectivity index (χ3n) is 2.77. The number of nitrogens with two attached hydrogens (primary N) is 1. The Morgan fingerprint density at radius 3 is 2.42 bits per heavy atom. The molecule has 0 spiro atoms. The molecule has 0 unspecified atom stereocenters. The van der Waals surface area contributed by atoms with Gasteiger partial charge in [-0.2, -0.15) is 0 Å². The summed E-state index contributed by atoms with van der Waals surface area (Å²) >= 11 is 5.89. The predicted octanol–water partition coefficient (Wildman–Crippen LogP) is 4.23. The Kier molecular flexibility index (Phi) is 3.76. The summed E-state index contributed by atoms with van der Waals surface area (Å²) in [5.41, 5.74) is 7.80. The smallest absolute Gasteiger partial charge is 0.159 e. The number of ketones is 1. The third-order valence-corrected chi connectivity index (χ3v) is 3.01. The van der Waals surface area contributed by atoms with Crippen LogP contribution in [0, 0.1) is 6.92 Å². The molecule has 2 rings (SSSR count). The van der Waals surface area contributed by atoms with Gasteiger partial charge in [-0.05, 0) is 55.8 Å². The Labute approximate surface area is 117 Å². The molecule has 2 aromatic rings. The van der Waals surface area contributed by atoms with Crippen molar-refractivity contribution >= 4 is 23.1 Å². The minimum Gasteiger partial charge on any atom is -0.455 e. The lowest BCUT2D eigenvalue weighted by atomic mass is 10.1. The molecule has 0 aliphatic heterocycles. The molecule has 98 valence electrons. The van der Waals surface area contributed by atoms with Crippen LogP contribution in [-0.4, -0.2) is 5.78 Å². The number of Topliss-reactive ketones (excluding diaryl/α,β-unsaturated/α-hetero) is 1. The highest BCUT2D eigenvalue weighted by atomic mass is 35.5. The monoisotopic (exact) mass is 275 g/mol. The number of carbonyl (C=O) groups is 1. The number of halogens is 1. The standard InChI is InChI=1S/C15H14ClNO2/c1-9-7-12(16)4-6-14(9)19-15-5-3-11(10(2)18)8-13(15)17/h3-8H,17H2,1-2H3. The van der Waals surface area contributed by atoms with Gasteiger partial charge in [0.25, 0.3) is 0 Å². The molecule has 2 aromatic carbocycles. The number of hydrogen-bond acceptors (Lipinski definition) is 3. The van der Waals surface area contributed by atoms with Crippen molar-refractivity contribution in [3.63, 3.8) is 0 Å². The van der Waals surface area contributed by atoms with E-state index in [-0.39, 0.29) is 5.78 Å². The second kappa shape index (κ2) is 5.33. The van der Waals surface area contributed by atoms with Gasteiger partial charge in [0.15, 0.2) is 5.78 Å². The van der Waals surface area contributed by atoms with Gasteiger partial charge in [0.2, 0.25) is 0 Å². The average Bonchev–Trinajstić information content (AvgIpc) is 2.34. The van der Waals surface area contributed by atoms with Crippen LogP contribution in [0.2, 0.25) is 5.02 Å². The van der Waals surface area contributed by atoms with Crippen LogP contribution >= 0.6 is 11.6 Å². The van der Waals surface area contributed by atoms with Crippen LogP contribution in [0.3, 0.4) is 0 Å². The van der Waals surface area contributed by atoms with Crippen LogP contribution < -0.4 is 10.5 Å². The Morgan fingerprint density at radius 2 is 1.84 bits per heavy atom. The fourth-order valence-electron chi connectivity index (χ4n) is 1.71. The van der Waals surface area contributed by atoms with Gasteiger partial charge in [0.1, 0.15) is 11.5 Å². The lowest BCUT2D eigenvalue weighted by molar-refractivity contribution is 0.101. The predicted molar refractivity (Wildman–Crippen MR) is 77.1 cm³/mol. The van der Waals surface area contributed by atoms with Crippen LogP contribution in [0.4, 0.5) is 5.69 Å². The van der Waals surface area contributed by atoms with Crippen molar-refractivity contribution in [3.05, 3.63) is 52.5 Å². The van der Waals surface area contributed by atoms with Gasteiger partial charge in [-0.15, -0.1) is 0 Å². The number of rotatable bonds is 3. The molecule has 0 aliphatic rings. The van der Waals surface area contributed by atoms with E-state index in [1.165, 1.54) is 6.92 Å². The highest BCUT2D eigenvalue weighted by molar-refractivity contribution is 6.30. The molecule has 0 saturated heterocycles. The number of carbonyl (C=O) groups excluding carboxylic acids is 1. The van der Waals surface area contributed by atoms with Gasteiger partial charge in [-0.1, -0.05) is 11.6 Å². The molecule has 3 nitrogen and oxygen atoms in total. The first kappa shape index (κ1) is 13.4. The lowest BCUT2D eigenvalue weighted by Crippen LogP contribution is -1.98. The Bertz CT molecular complexity index is 638. The molecule has 0 aliphatic carbocycles. The van der Waals surface area contributed by atoms with Crippen LogP contribution in [0.15, 0.2) is 36.4 Å². The van der Waals surface area contributed by atoms with Crippen molar-refractivity contribution in [1.82, 2.24) is 0 Å². The van der Waals surface area contributed by atoms with E-state index in [1.54, 1.807) is 30.3 Å². The van der Waals surface area contributed by atoms with Crippen molar-refractivity contribution in [3.8, 4) is 11.5 Å². The molecule has 0 radical (unpaired) electrons. The van der Waals surface area contributed by atoms with Crippen molar-refractivity contribution in [1.29, 1.82) is 0 Å². The summed E-state index contributed by atoms with van der Waals surface area (Å²) < 4.78 is 5.73. The summed E-state index contributed by atoms with van der Waals surface area (Å²) in [6.45, 7) is 3.40. The molecule has 4 heteroatoms. The van der Waals surface area contributed by atoms with E-state index in [1.807, 2.05) is 13.0 Å². The molecule has 0 bridgehead atoms. The largest absolute Gasteiger partial charge is 0.455 e. The topological polar surface area (TPSA) is 52.3 Å². The summed E-state index contributed by atoms with van der Waals surface area (Å²) in [5.74, 6) is 1.18. The van der Waals surface area contributed by atoms with Gasteiger partial charge >= 0.3 is 0 Å². The quantitative estimate of drug-likeness (QED) is 0.674. The lowest BCUT2D eigenvalue weighted by Gasteiger charge is -2.11. The Balaban J connectivity index is 2.31. The summed E-state index contributed by atoms with van der Waals surface area (Å²) in [7, 11) is 0. The van der Waals surface area contributed by atoms with Gasteiger partial charge in [0.05, 0.1) is 5.69 Å². The maximum atomic E-state index is 11.2.